The van der Waals surface area contributed by atoms with Crippen LogP contribution in [0.2, 0.25) is 0 Å². The molecule has 2 heterocycles. The van der Waals surface area contributed by atoms with E-state index >= 15 is 0 Å². The Bertz CT molecular complexity index is 885. The minimum Gasteiger partial charge on any atom is -0.328 e. The number of fused-ring (bicyclic) bond motifs is 1. The second-order valence-electron chi connectivity index (χ2n) is 6.70. The third-order valence-electron chi connectivity index (χ3n) is 4.98. The fraction of sp³-hybridized carbons (Fsp3) is 0.333. The van der Waals surface area contributed by atoms with Gasteiger partial charge in [-0.15, -0.1) is 0 Å². The highest BCUT2D eigenvalue weighted by Gasteiger charge is 2.34. The van der Waals surface area contributed by atoms with E-state index in [1.54, 1.807) is 0 Å². The van der Waals surface area contributed by atoms with E-state index < -0.39 is 0 Å². The van der Waals surface area contributed by atoms with Gasteiger partial charge < -0.3 is 9.47 Å². The lowest BCUT2D eigenvalue weighted by Gasteiger charge is -2.17. The maximum absolute atomic E-state index is 12.6. The number of amides is 1. The number of aryl methyl sites for hydroxylation is 1. The van der Waals surface area contributed by atoms with Gasteiger partial charge in [0.05, 0.1) is 11.0 Å². The van der Waals surface area contributed by atoms with Crippen LogP contribution in [0, 0.1) is 0 Å². The topological polar surface area (TPSA) is 38.1 Å². The maximum Gasteiger partial charge on any atom is 0.227 e. The summed E-state index contributed by atoms with van der Waals surface area (Å²) >= 11 is 0. The molecule has 1 aliphatic rings. The lowest BCUT2D eigenvalue weighted by molar-refractivity contribution is -0.117. The van der Waals surface area contributed by atoms with Gasteiger partial charge in [-0.25, -0.2) is 4.98 Å². The molecule has 0 N–H and O–H groups in total. The second kappa shape index (κ2) is 6.71. The van der Waals surface area contributed by atoms with Crippen molar-refractivity contribution in [3.8, 4) is 0 Å². The van der Waals surface area contributed by atoms with Crippen molar-refractivity contribution in [3.63, 3.8) is 0 Å². The Morgan fingerprint density at radius 1 is 1.08 bits per heavy atom. The van der Waals surface area contributed by atoms with Gasteiger partial charge in [-0.05, 0) is 30.7 Å². The molecule has 1 aliphatic heterocycles. The predicted molar refractivity (Wildman–Crippen MR) is 101 cm³/mol. The molecule has 0 radical (unpaired) electrons. The number of hydrogen-bond donors (Lipinski definition) is 0. The van der Waals surface area contributed by atoms with Crippen molar-refractivity contribution in [2.45, 2.75) is 38.6 Å². The molecular weight excluding hydrogens is 310 g/mol. The lowest BCUT2D eigenvalue weighted by atomic mass is 10.1. The average molecular weight is 333 g/mol. The Morgan fingerprint density at radius 3 is 2.64 bits per heavy atom. The van der Waals surface area contributed by atoms with Crippen LogP contribution in [-0.4, -0.2) is 22.0 Å². The minimum atomic E-state index is 0.150. The van der Waals surface area contributed by atoms with Gasteiger partial charge in [0.2, 0.25) is 5.91 Å². The number of hydrogen-bond acceptors (Lipinski definition) is 2. The van der Waals surface area contributed by atoms with E-state index in [0.29, 0.717) is 13.0 Å². The van der Waals surface area contributed by atoms with Crippen LogP contribution in [0.5, 0.6) is 0 Å². The van der Waals surface area contributed by atoms with E-state index in [1.165, 1.54) is 5.52 Å². The van der Waals surface area contributed by atoms with E-state index in [4.69, 9.17) is 4.98 Å². The second-order valence-corrected chi connectivity index (χ2v) is 6.70. The van der Waals surface area contributed by atoms with Crippen LogP contribution in [0.3, 0.4) is 0 Å². The highest BCUT2D eigenvalue weighted by atomic mass is 16.2. The van der Waals surface area contributed by atoms with Gasteiger partial charge in [-0.2, -0.15) is 0 Å². The molecule has 4 nitrogen and oxygen atoms in total. The van der Waals surface area contributed by atoms with Gasteiger partial charge in [0.15, 0.2) is 0 Å². The van der Waals surface area contributed by atoms with Gasteiger partial charge >= 0.3 is 0 Å². The SMILES string of the molecule is CCCCn1c(C2CC(=O)N(c3ccccc3)C2)nc2ccccc21. The molecule has 1 unspecified atom stereocenters. The number of anilines is 1. The summed E-state index contributed by atoms with van der Waals surface area (Å²) in [6.07, 6.45) is 2.80. The number of imidazole rings is 1. The first-order chi connectivity index (χ1) is 12.3. The van der Waals surface area contributed by atoms with Gasteiger partial charge in [-0.1, -0.05) is 43.7 Å². The first-order valence-corrected chi connectivity index (χ1v) is 9.08. The number of carbonyl (C=O) groups is 1. The Balaban J connectivity index is 1.69. The fourth-order valence-corrected chi connectivity index (χ4v) is 3.70. The smallest absolute Gasteiger partial charge is 0.227 e. The van der Waals surface area contributed by atoms with Crippen molar-refractivity contribution in [2.75, 3.05) is 11.4 Å². The van der Waals surface area contributed by atoms with E-state index in [-0.39, 0.29) is 11.8 Å². The first-order valence-electron chi connectivity index (χ1n) is 9.08. The third kappa shape index (κ3) is 2.93. The molecular formula is C21H23N3O. The van der Waals surface area contributed by atoms with E-state index in [1.807, 2.05) is 41.3 Å². The monoisotopic (exact) mass is 333 g/mol. The Kier molecular flexibility index (Phi) is 4.26. The number of carbonyl (C=O) groups excluding carboxylic acids is 1. The minimum absolute atomic E-state index is 0.150. The molecule has 0 spiro atoms. The molecule has 1 aromatic heterocycles. The molecule has 0 aliphatic carbocycles. The van der Waals surface area contributed by atoms with Crippen LogP contribution in [0.1, 0.15) is 37.9 Å². The van der Waals surface area contributed by atoms with Crippen LogP contribution < -0.4 is 4.90 Å². The molecule has 128 valence electrons. The highest BCUT2D eigenvalue weighted by molar-refractivity contribution is 5.96. The summed E-state index contributed by atoms with van der Waals surface area (Å²) in [5, 5.41) is 0. The van der Waals surface area contributed by atoms with Crippen molar-refractivity contribution in [1.29, 1.82) is 0 Å². The van der Waals surface area contributed by atoms with Crippen molar-refractivity contribution in [3.05, 3.63) is 60.4 Å². The number of para-hydroxylation sites is 3. The van der Waals surface area contributed by atoms with Gasteiger partial charge in [0.1, 0.15) is 5.82 Å². The van der Waals surface area contributed by atoms with Gasteiger partial charge in [0, 0.05) is 31.1 Å². The van der Waals surface area contributed by atoms with Crippen LogP contribution in [0.25, 0.3) is 11.0 Å². The summed E-state index contributed by atoms with van der Waals surface area (Å²) in [5.41, 5.74) is 3.18. The average Bonchev–Trinajstić information content (AvgIpc) is 3.21. The van der Waals surface area contributed by atoms with E-state index in [2.05, 4.69) is 29.7 Å². The largest absolute Gasteiger partial charge is 0.328 e. The standard InChI is InChI=1S/C21H23N3O/c1-2-3-13-23-19-12-8-7-11-18(19)22-21(23)16-14-20(25)24(15-16)17-9-5-4-6-10-17/h4-12,16H,2-3,13-15H2,1H3. The maximum atomic E-state index is 12.6. The Morgan fingerprint density at radius 2 is 1.84 bits per heavy atom. The third-order valence-corrected chi connectivity index (χ3v) is 4.98. The Labute approximate surface area is 148 Å². The Hall–Kier alpha value is -2.62. The molecule has 1 saturated heterocycles. The molecule has 1 atom stereocenters. The van der Waals surface area contributed by atoms with Crippen molar-refractivity contribution in [1.82, 2.24) is 9.55 Å². The van der Waals surface area contributed by atoms with Crippen LogP contribution in [-0.2, 0) is 11.3 Å². The number of unbranched alkanes of at least 4 members (excludes halogenated alkanes) is 1. The first kappa shape index (κ1) is 15.9. The molecule has 3 aromatic rings. The molecule has 2 aromatic carbocycles. The van der Waals surface area contributed by atoms with E-state index in [9.17, 15) is 4.79 Å². The van der Waals surface area contributed by atoms with Crippen molar-refractivity contribution in [2.24, 2.45) is 0 Å². The van der Waals surface area contributed by atoms with Crippen LogP contribution in [0.4, 0.5) is 5.69 Å². The normalized spacial score (nSPS) is 17.6. The predicted octanol–water partition coefficient (Wildman–Crippen LogP) is 4.36. The number of aromatic nitrogens is 2. The van der Waals surface area contributed by atoms with Crippen molar-refractivity contribution < 1.29 is 4.79 Å². The molecule has 0 saturated carbocycles. The molecule has 1 fully saturated rings. The fourth-order valence-electron chi connectivity index (χ4n) is 3.70. The molecule has 4 heteroatoms. The van der Waals surface area contributed by atoms with Crippen molar-refractivity contribution >= 4 is 22.6 Å². The summed E-state index contributed by atoms with van der Waals surface area (Å²) in [6.45, 7) is 3.87. The number of nitrogens with zero attached hydrogens (tertiary/aromatic N) is 3. The summed E-state index contributed by atoms with van der Waals surface area (Å²) in [4.78, 5) is 19.4. The zero-order chi connectivity index (χ0) is 17.2. The van der Waals surface area contributed by atoms with Gasteiger partial charge in [-0.3, -0.25) is 4.79 Å². The summed E-state index contributed by atoms with van der Waals surface area (Å²) in [5.74, 6) is 1.39. The number of benzene rings is 2. The summed E-state index contributed by atoms with van der Waals surface area (Å²) in [6, 6.07) is 18.2. The van der Waals surface area contributed by atoms with Crippen LogP contribution >= 0.6 is 0 Å². The van der Waals surface area contributed by atoms with Gasteiger partial charge in [0.25, 0.3) is 0 Å². The summed E-state index contributed by atoms with van der Waals surface area (Å²) in [7, 11) is 0. The molecule has 1 amide bonds. The quantitative estimate of drug-likeness (QED) is 0.696. The molecule has 0 bridgehead atoms. The zero-order valence-corrected chi connectivity index (χ0v) is 14.6. The van der Waals surface area contributed by atoms with E-state index in [0.717, 1.165) is 36.4 Å². The molecule has 4 rings (SSSR count). The zero-order valence-electron chi connectivity index (χ0n) is 14.6. The number of rotatable bonds is 5. The molecule has 25 heavy (non-hydrogen) atoms. The summed E-state index contributed by atoms with van der Waals surface area (Å²) < 4.78 is 2.32. The lowest BCUT2D eigenvalue weighted by Crippen LogP contribution is -2.24. The highest BCUT2D eigenvalue weighted by Crippen LogP contribution is 2.33. The van der Waals surface area contributed by atoms with Crippen LogP contribution in [0.15, 0.2) is 54.6 Å².